The van der Waals surface area contributed by atoms with Crippen LogP contribution < -0.4 is 0 Å². The topological polar surface area (TPSA) is 78.9 Å². The zero-order valence-electron chi connectivity index (χ0n) is 55.3. The van der Waals surface area contributed by atoms with Crippen molar-refractivity contribution < 1.29 is 28.6 Å². The van der Waals surface area contributed by atoms with Gasteiger partial charge in [0.15, 0.2) is 6.10 Å². The molecular weight excluding hydrogens is 1010 g/mol. The number of carbonyl (C=O) groups excluding carboxylic acids is 3. The predicted octanol–water partition coefficient (Wildman–Crippen LogP) is 25.3. The summed E-state index contributed by atoms with van der Waals surface area (Å²) in [5, 5.41) is 0. The van der Waals surface area contributed by atoms with Gasteiger partial charge in [0, 0.05) is 19.3 Å². The number of carbonyl (C=O) groups is 3. The lowest BCUT2D eigenvalue weighted by atomic mass is 10.0. The summed E-state index contributed by atoms with van der Waals surface area (Å²) in [6.45, 7) is 6.69. The summed E-state index contributed by atoms with van der Waals surface area (Å²) in [5.74, 6) is -0.842. The summed E-state index contributed by atoms with van der Waals surface area (Å²) in [6, 6.07) is 0. The fourth-order valence-corrected chi connectivity index (χ4v) is 11.0. The lowest BCUT2D eigenvalue weighted by Crippen LogP contribution is -2.30. The summed E-state index contributed by atoms with van der Waals surface area (Å²) in [5.41, 5.74) is 0. The predicted molar refractivity (Wildman–Crippen MR) is 358 cm³/mol. The van der Waals surface area contributed by atoms with Gasteiger partial charge < -0.3 is 14.2 Å². The molecule has 0 aromatic heterocycles. The zero-order chi connectivity index (χ0) is 59.2. The number of rotatable bonds is 68. The smallest absolute Gasteiger partial charge is 0.306 e. The highest BCUT2D eigenvalue weighted by Gasteiger charge is 2.19. The largest absolute Gasteiger partial charge is 0.462 e. The van der Waals surface area contributed by atoms with Gasteiger partial charge in [0.2, 0.25) is 0 Å². The van der Waals surface area contributed by atoms with E-state index in [-0.39, 0.29) is 31.1 Å². The summed E-state index contributed by atoms with van der Waals surface area (Å²) in [4.78, 5) is 38.4. The molecular formula is C76H140O6. The van der Waals surface area contributed by atoms with E-state index in [1.54, 1.807) is 0 Å². The molecule has 0 fully saturated rings. The highest BCUT2D eigenvalue weighted by Crippen LogP contribution is 2.18. The van der Waals surface area contributed by atoms with E-state index in [2.05, 4.69) is 69.4 Å². The van der Waals surface area contributed by atoms with Crippen LogP contribution in [-0.2, 0) is 28.6 Å². The average Bonchev–Trinajstić information content (AvgIpc) is 3.47. The molecule has 1 atom stereocenters. The fraction of sp³-hybridized carbons (Fsp3) is 0.855. The first kappa shape index (κ1) is 79.4. The fourth-order valence-electron chi connectivity index (χ4n) is 11.0. The molecule has 480 valence electrons. The molecule has 0 N–H and O–H groups in total. The lowest BCUT2D eigenvalue weighted by molar-refractivity contribution is -0.167. The van der Waals surface area contributed by atoms with Crippen molar-refractivity contribution in [3.8, 4) is 0 Å². The van der Waals surface area contributed by atoms with Gasteiger partial charge >= 0.3 is 17.9 Å². The highest BCUT2D eigenvalue weighted by molar-refractivity contribution is 5.71. The minimum atomic E-state index is -0.772. The summed E-state index contributed by atoms with van der Waals surface area (Å²) < 4.78 is 17.0. The van der Waals surface area contributed by atoms with Gasteiger partial charge in [-0.3, -0.25) is 14.4 Å². The molecule has 0 rings (SSSR count). The first-order valence-electron chi connectivity index (χ1n) is 36.6. The van der Waals surface area contributed by atoms with Crippen LogP contribution in [0.2, 0.25) is 0 Å². The third kappa shape index (κ3) is 68.2. The third-order valence-corrected chi connectivity index (χ3v) is 16.6. The average molecular weight is 1150 g/mol. The first-order valence-corrected chi connectivity index (χ1v) is 36.6. The van der Waals surface area contributed by atoms with Crippen molar-refractivity contribution in [2.45, 2.75) is 406 Å². The van der Waals surface area contributed by atoms with Crippen LogP contribution >= 0.6 is 0 Å². The van der Waals surface area contributed by atoms with Gasteiger partial charge in [0.05, 0.1) is 0 Å². The molecule has 0 aromatic carbocycles. The Kier molecular flexibility index (Phi) is 68.6. The standard InChI is InChI=1S/C76H140O6/c1-4-7-10-13-16-19-22-25-27-29-31-33-35-36-37-38-39-40-42-43-45-47-49-51-54-57-60-63-66-69-75(78)81-72-73(71-80-74(77)68-65-62-59-56-53-24-21-18-15-12-9-6-3)82-76(79)70-67-64-61-58-55-52-50-48-46-44-41-34-32-30-28-26-23-20-17-14-11-8-5-2/h22,25,29-32,35-36,73H,4-21,23-24,26-28,33-34,37-72H2,1-3H3/b25-22-,31-29-,32-30-,36-35-. The number of unbranched alkanes of at least 4 members (excludes halogenated alkanes) is 49. The van der Waals surface area contributed by atoms with E-state index in [0.29, 0.717) is 19.3 Å². The molecule has 0 aromatic rings. The number of esters is 3. The maximum Gasteiger partial charge on any atom is 0.306 e. The number of hydrogen-bond acceptors (Lipinski definition) is 6. The van der Waals surface area contributed by atoms with Crippen molar-refractivity contribution in [2.75, 3.05) is 13.2 Å². The van der Waals surface area contributed by atoms with E-state index < -0.39 is 6.10 Å². The lowest BCUT2D eigenvalue weighted by Gasteiger charge is -2.18. The zero-order valence-corrected chi connectivity index (χ0v) is 55.3. The van der Waals surface area contributed by atoms with E-state index >= 15 is 0 Å². The second kappa shape index (κ2) is 70.9. The van der Waals surface area contributed by atoms with Crippen molar-refractivity contribution in [1.82, 2.24) is 0 Å². The molecule has 0 spiro atoms. The molecule has 1 unspecified atom stereocenters. The van der Waals surface area contributed by atoms with Crippen LogP contribution in [0.15, 0.2) is 48.6 Å². The molecule has 0 heterocycles. The van der Waals surface area contributed by atoms with Crippen LogP contribution in [0.1, 0.15) is 400 Å². The van der Waals surface area contributed by atoms with Gasteiger partial charge in [-0.05, 0) is 83.5 Å². The Morgan fingerprint density at radius 3 is 0.695 bits per heavy atom. The maximum atomic E-state index is 13.0. The Morgan fingerprint density at radius 2 is 0.439 bits per heavy atom. The second-order valence-electron chi connectivity index (χ2n) is 24.9. The van der Waals surface area contributed by atoms with Crippen LogP contribution in [-0.4, -0.2) is 37.2 Å². The maximum absolute atomic E-state index is 13.0. The quantitative estimate of drug-likeness (QED) is 0.0261. The van der Waals surface area contributed by atoms with E-state index in [1.807, 2.05) is 0 Å². The normalized spacial score (nSPS) is 12.3. The number of ether oxygens (including phenoxy) is 3. The van der Waals surface area contributed by atoms with Gasteiger partial charge in [-0.15, -0.1) is 0 Å². The minimum Gasteiger partial charge on any atom is -0.462 e. The summed E-state index contributed by atoms with van der Waals surface area (Å²) in [6.07, 6.45) is 90.1. The Hall–Kier alpha value is -2.63. The molecule has 0 aliphatic carbocycles. The number of allylic oxidation sites excluding steroid dienone is 8. The number of hydrogen-bond donors (Lipinski definition) is 0. The Bertz CT molecular complexity index is 1410. The van der Waals surface area contributed by atoms with Crippen LogP contribution in [0, 0.1) is 0 Å². The third-order valence-electron chi connectivity index (χ3n) is 16.6. The molecule has 0 saturated carbocycles. The molecule has 0 saturated heterocycles. The molecule has 0 radical (unpaired) electrons. The van der Waals surface area contributed by atoms with Crippen molar-refractivity contribution in [2.24, 2.45) is 0 Å². The van der Waals surface area contributed by atoms with E-state index in [4.69, 9.17) is 14.2 Å². The molecule has 0 aliphatic heterocycles. The molecule has 82 heavy (non-hydrogen) atoms. The van der Waals surface area contributed by atoms with Gasteiger partial charge in [0.25, 0.3) is 0 Å². The van der Waals surface area contributed by atoms with E-state index in [1.165, 1.54) is 289 Å². The molecule has 6 heteroatoms. The highest BCUT2D eigenvalue weighted by atomic mass is 16.6. The van der Waals surface area contributed by atoms with Crippen LogP contribution in [0.4, 0.5) is 0 Å². The van der Waals surface area contributed by atoms with Crippen LogP contribution in [0.3, 0.4) is 0 Å². The monoisotopic (exact) mass is 1150 g/mol. The van der Waals surface area contributed by atoms with Crippen LogP contribution in [0.25, 0.3) is 0 Å². The van der Waals surface area contributed by atoms with E-state index in [9.17, 15) is 14.4 Å². The van der Waals surface area contributed by atoms with Crippen molar-refractivity contribution in [1.29, 1.82) is 0 Å². The SMILES string of the molecule is CCCCCCC/C=C\C/C=C\C/C=C\CCCCCCCCCCCCCCCCC(=O)OCC(COC(=O)CCCCCCCCCCCCCC)OC(=O)CCCCCCCCCCCCC/C=C\CCCCCCCCCC. The van der Waals surface area contributed by atoms with Gasteiger partial charge in [-0.1, -0.05) is 345 Å². The molecule has 6 nitrogen and oxygen atoms in total. The Labute approximate surface area is 511 Å². The first-order chi connectivity index (χ1) is 40.5. The molecule has 0 bridgehead atoms. The molecule has 0 amide bonds. The van der Waals surface area contributed by atoms with E-state index in [0.717, 1.165) is 70.6 Å². The van der Waals surface area contributed by atoms with Crippen molar-refractivity contribution in [3.05, 3.63) is 48.6 Å². The van der Waals surface area contributed by atoms with Crippen molar-refractivity contribution >= 4 is 17.9 Å². The van der Waals surface area contributed by atoms with Gasteiger partial charge in [0.1, 0.15) is 13.2 Å². The van der Waals surface area contributed by atoms with Gasteiger partial charge in [-0.2, -0.15) is 0 Å². The Morgan fingerprint density at radius 1 is 0.244 bits per heavy atom. The van der Waals surface area contributed by atoms with Crippen molar-refractivity contribution in [3.63, 3.8) is 0 Å². The summed E-state index contributed by atoms with van der Waals surface area (Å²) in [7, 11) is 0. The summed E-state index contributed by atoms with van der Waals surface area (Å²) >= 11 is 0. The second-order valence-corrected chi connectivity index (χ2v) is 24.9. The Balaban J connectivity index is 4.19. The van der Waals surface area contributed by atoms with Gasteiger partial charge in [-0.25, -0.2) is 0 Å². The minimum absolute atomic E-state index is 0.0681. The van der Waals surface area contributed by atoms with Crippen LogP contribution in [0.5, 0.6) is 0 Å². The molecule has 0 aliphatic rings.